The normalized spacial score (nSPS) is 18.9. The van der Waals surface area contributed by atoms with Gasteiger partial charge in [-0.05, 0) is 25.1 Å². The number of aryl methyl sites for hydroxylation is 1. The van der Waals surface area contributed by atoms with Gasteiger partial charge in [-0.3, -0.25) is 4.79 Å². The highest BCUT2D eigenvalue weighted by Crippen LogP contribution is 2.41. The minimum absolute atomic E-state index is 0.0756. The van der Waals surface area contributed by atoms with Crippen molar-refractivity contribution >= 4 is 23.2 Å². The maximum absolute atomic E-state index is 12.0. The average molecular weight is 255 g/mol. The van der Waals surface area contributed by atoms with Gasteiger partial charge in [-0.15, -0.1) is 0 Å². The molecule has 92 valence electrons. The van der Waals surface area contributed by atoms with E-state index in [9.17, 15) is 4.79 Å². The van der Waals surface area contributed by atoms with Crippen molar-refractivity contribution in [1.82, 2.24) is 0 Å². The Morgan fingerprint density at radius 2 is 2.24 bits per heavy atom. The Labute approximate surface area is 105 Å². The summed E-state index contributed by atoms with van der Waals surface area (Å²) in [6.45, 7) is 2.33. The fraction of sp³-hybridized carbons (Fsp3) is 0.417. The van der Waals surface area contributed by atoms with Crippen molar-refractivity contribution in [2.75, 3.05) is 18.5 Å². The predicted molar refractivity (Wildman–Crippen MR) is 67.7 cm³/mol. The van der Waals surface area contributed by atoms with Gasteiger partial charge in [0.15, 0.2) is 11.9 Å². The summed E-state index contributed by atoms with van der Waals surface area (Å²) in [7, 11) is 1.73. The molecule has 0 spiro atoms. The Hall–Kier alpha value is -1.26. The van der Waals surface area contributed by atoms with E-state index >= 15 is 0 Å². The van der Waals surface area contributed by atoms with Gasteiger partial charge in [0.2, 0.25) is 0 Å². The van der Waals surface area contributed by atoms with Crippen LogP contribution in [0.4, 0.5) is 5.69 Å². The fourth-order valence-electron chi connectivity index (χ4n) is 2.03. The quantitative estimate of drug-likeness (QED) is 0.874. The highest BCUT2D eigenvalue weighted by molar-refractivity contribution is 6.33. The van der Waals surface area contributed by atoms with Crippen LogP contribution in [0.2, 0.25) is 5.02 Å². The topological polar surface area (TPSA) is 55.6 Å². The van der Waals surface area contributed by atoms with Gasteiger partial charge in [0.1, 0.15) is 0 Å². The number of amides is 1. The average Bonchev–Trinajstić information content (AvgIpc) is 2.30. The van der Waals surface area contributed by atoms with Crippen molar-refractivity contribution in [2.45, 2.75) is 19.4 Å². The van der Waals surface area contributed by atoms with E-state index in [-0.39, 0.29) is 5.91 Å². The number of nitrogens with two attached hydrogens (primary N) is 1. The first-order chi connectivity index (χ1) is 8.06. The Balaban J connectivity index is 2.48. The van der Waals surface area contributed by atoms with E-state index in [1.165, 1.54) is 0 Å². The highest BCUT2D eigenvalue weighted by Gasteiger charge is 2.33. The van der Waals surface area contributed by atoms with Crippen molar-refractivity contribution < 1.29 is 9.53 Å². The standard InChI is InChI=1S/C12H15ClN2O2/c1-7-3-4-8(13)11-10(7)15(2)12(16)9(17-11)5-6-14/h3-4,9H,5-6,14H2,1-2H3. The number of likely N-dealkylation sites (N-methyl/N-ethyl adjacent to an activating group) is 1. The number of rotatable bonds is 2. The number of hydrogen-bond donors (Lipinski definition) is 1. The number of halogens is 1. The molecule has 2 rings (SSSR count). The van der Waals surface area contributed by atoms with Crippen LogP contribution in [0, 0.1) is 6.92 Å². The zero-order valence-corrected chi connectivity index (χ0v) is 10.6. The van der Waals surface area contributed by atoms with E-state index in [1.54, 1.807) is 18.0 Å². The lowest BCUT2D eigenvalue weighted by molar-refractivity contribution is -0.126. The molecule has 1 atom stereocenters. The smallest absolute Gasteiger partial charge is 0.267 e. The van der Waals surface area contributed by atoms with E-state index in [2.05, 4.69) is 0 Å². The predicted octanol–water partition coefficient (Wildman–Crippen LogP) is 1.72. The number of fused-ring (bicyclic) bond motifs is 1. The number of nitrogens with zero attached hydrogens (tertiary/aromatic N) is 1. The number of benzene rings is 1. The van der Waals surface area contributed by atoms with Gasteiger partial charge in [-0.25, -0.2) is 0 Å². The second-order valence-electron chi connectivity index (χ2n) is 4.12. The molecule has 1 aromatic carbocycles. The first kappa shape index (κ1) is 12.2. The molecule has 1 unspecified atom stereocenters. The zero-order chi connectivity index (χ0) is 12.6. The summed E-state index contributed by atoms with van der Waals surface area (Å²) in [5.74, 6) is 0.500. The molecular weight excluding hydrogens is 240 g/mol. The summed E-state index contributed by atoms with van der Waals surface area (Å²) in [5.41, 5.74) is 7.18. The van der Waals surface area contributed by atoms with E-state index in [4.69, 9.17) is 22.1 Å². The van der Waals surface area contributed by atoms with E-state index in [0.717, 1.165) is 11.3 Å². The maximum atomic E-state index is 12.0. The molecule has 0 radical (unpaired) electrons. The first-order valence-corrected chi connectivity index (χ1v) is 5.87. The van der Waals surface area contributed by atoms with Crippen LogP contribution >= 0.6 is 11.6 Å². The summed E-state index contributed by atoms with van der Waals surface area (Å²) in [4.78, 5) is 13.6. The van der Waals surface area contributed by atoms with Gasteiger partial charge in [-0.2, -0.15) is 0 Å². The molecule has 0 bridgehead atoms. The molecule has 4 nitrogen and oxygen atoms in total. The molecule has 0 saturated heterocycles. The third kappa shape index (κ3) is 1.98. The molecule has 0 aliphatic carbocycles. The Morgan fingerprint density at radius 3 is 2.88 bits per heavy atom. The Bertz CT molecular complexity index is 462. The minimum atomic E-state index is -0.531. The van der Waals surface area contributed by atoms with E-state index < -0.39 is 6.10 Å². The molecule has 1 aliphatic rings. The van der Waals surface area contributed by atoms with Crippen molar-refractivity contribution in [1.29, 1.82) is 0 Å². The van der Waals surface area contributed by atoms with Gasteiger partial charge in [0, 0.05) is 13.5 Å². The summed E-state index contributed by atoms with van der Waals surface area (Å²) >= 11 is 6.10. The van der Waals surface area contributed by atoms with Crippen LogP contribution in [-0.4, -0.2) is 25.6 Å². The zero-order valence-electron chi connectivity index (χ0n) is 9.87. The minimum Gasteiger partial charge on any atom is -0.477 e. The molecule has 0 saturated carbocycles. The van der Waals surface area contributed by atoms with Crippen LogP contribution in [0.25, 0.3) is 0 Å². The molecule has 0 aromatic heterocycles. The lowest BCUT2D eigenvalue weighted by atomic mass is 10.1. The lowest BCUT2D eigenvalue weighted by Crippen LogP contribution is -2.45. The Kier molecular flexibility index (Phi) is 3.26. The number of carbonyl (C=O) groups is 1. The fourth-order valence-corrected chi connectivity index (χ4v) is 2.22. The summed E-state index contributed by atoms with van der Waals surface area (Å²) < 4.78 is 5.66. The van der Waals surface area contributed by atoms with E-state index in [0.29, 0.717) is 23.7 Å². The van der Waals surface area contributed by atoms with Crippen LogP contribution in [0.1, 0.15) is 12.0 Å². The molecule has 2 N–H and O–H groups in total. The van der Waals surface area contributed by atoms with Crippen molar-refractivity contribution in [2.24, 2.45) is 5.73 Å². The third-order valence-corrected chi connectivity index (χ3v) is 3.21. The summed E-state index contributed by atoms with van der Waals surface area (Å²) in [6, 6.07) is 3.65. The largest absolute Gasteiger partial charge is 0.477 e. The third-order valence-electron chi connectivity index (χ3n) is 2.92. The van der Waals surface area contributed by atoms with Crippen LogP contribution in [0.15, 0.2) is 12.1 Å². The molecule has 1 aromatic rings. The highest BCUT2D eigenvalue weighted by atomic mass is 35.5. The molecular formula is C12H15ClN2O2. The number of hydrogen-bond acceptors (Lipinski definition) is 3. The first-order valence-electron chi connectivity index (χ1n) is 5.49. The van der Waals surface area contributed by atoms with Crippen LogP contribution in [0.3, 0.4) is 0 Å². The molecule has 17 heavy (non-hydrogen) atoms. The van der Waals surface area contributed by atoms with Crippen LogP contribution in [0.5, 0.6) is 5.75 Å². The number of ether oxygens (including phenoxy) is 1. The molecule has 5 heteroatoms. The summed E-state index contributed by atoms with van der Waals surface area (Å²) in [5, 5.41) is 0.520. The monoisotopic (exact) mass is 254 g/mol. The van der Waals surface area contributed by atoms with Gasteiger partial charge in [0.25, 0.3) is 5.91 Å². The second kappa shape index (κ2) is 4.55. The number of anilines is 1. The van der Waals surface area contributed by atoms with Gasteiger partial charge in [-0.1, -0.05) is 17.7 Å². The van der Waals surface area contributed by atoms with Gasteiger partial charge in [0.05, 0.1) is 10.7 Å². The van der Waals surface area contributed by atoms with Crippen molar-refractivity contribution in [3.05, 3.63) is 22.7 Å². The number of carbonyl (C=O) groups excluding carboxylic acids is 1. The summed E-state index contributed by atoms with van der Waals surface area (Å²) in [6.07, 6.45) is -0.0378. The van der Waals surface area contributed by atoms with Crippen LogP contribution < -0.4 is 15.4 Å². The maximum Gasteiger partial charge on any atom is 0.267 e. The molecule has 1 heterocycles. The van der Waals surface area contributed by atoms with Crippen molar-refractivity contribution in [3.63, 3.8) is 0 Å². The lowest BCUT2D eigenvalue weighted by Gasteiger charge is -2.33. The molecule has 0 fully saturated rings. The van der Waals surface area contributed by atoms with Crippen molar-refractivity contribution in [3.8, 4) is 5.75 Å². The second-order valence-corrected chi connectivity index (χ2v) is 4.53. The van der Waals surface area contributed by atoms with Gasteiger partial charge >= 0.3 is 0 Å². The van der Waals surface area contributed by atoms with Crippen LogP contribution in [-0.2, 0) is 4.79 Å². The molecule has 1 amide bonds. The van der Waals surface area contributed by atoms with E-state index in [1.807, 2.05) is 13.0 Å². The van der Waals surface area contributed by atoms with Gasteiger partial charge < -0.3 is 15.4 Å². The SMILES string of the molecule is Cc1ccc(Cl)c2c1N(C)C(=O)C(CCN)O2. The molecule has 1 aliphatic heterocycles. The Morgan fingerprint density at radius 1 is 1.53 bits per heavy atom.